The zero-order chi connectivity index (χ0) is 32.3. The molecule has 0 radical (unpaired) electrons. The molecule has 4 aromatic rings. The van der Waals surface area contributed by atoms with Crippen LogP contribution < -0.4 is 20.1 Å². The molecule has 0 bridgehead atoms. The van der Waals surface area contributed by atoms with Crippen LogP contribution in [-0.4, -0.2) is 39.7 Å². The Labute approximate surface area is 270 Å². The van der Waals surface area contributed by atoms with E-state index in [-0.39, 0.29) is 36.7 Å². The van der Waals surface area contributed by atoms with Gasteiger partial charge in [-0.3, -0.25) is 14.3 Å². The van der Waals surface area contributed by atoms with Crippen LogP contribution in [-0.2, 0) is 24.5 Å². The quantitative estimate of drug-likeness (QED) is 0.153. The molecule has 5 rings (SSSR count). The SMILES string of the molecule is COc1cccc(OCc2ccccc2)c1-c1cc(C(=O)N[C@H](CC(=O)NCc2ncco2)CC(C)C)nn1CC1CCCCC1. The molecule has 2 N–H and O–H groups in total. The van der Waals surface area contributed by atoms with Crippen molar-refractivity contribution in [2.45, 2.75) is 84.5 Å². The second kappa shape index (κ2) is 16.1. The molecule has 46 heavy (non-hydrogen) atoms. The van der Waals surface area contributed by atoms with Gasteiger partial charge < -0.3 is 24.5 Å². The Morgan fingerprint density at radius 3 is 2.54 bits per heavy atom. The van der Waals surface area contributed by atoms with Gasteiger partial charge in [-0.15, -0.1) is 0 Å². The summed E-state index contributed by atoms with van der Waals surface area (Å²) < 4.78 is 19.4. The first-order valence-corrected chi connectivity index (χ1v) is 16.3. The second-order valence-electron chi connectivity index (χ2n) is 12.4. The first-order chi connectivity index (χ1) is 22.4. The second-order valence-corrected chi connectivity index (χ2v) is 12.4. The number of oxazole rings is 1. The maximum Gasteiger partial charge on any atom is 0.272 e. The van der Waals surface area contributed by atoms with Crippen LogP contribution in [0.1, 0.15) is 80.7 Å². The van der Waals surface area contributed by atoms with E-state index in [9.17, 15) is 9.59 Å². The summed E-state index contributed by atoms with van der Waals surface area (Å²) >= 11 is 0. The van der Waals surface area contributed by atoms with E-state index in [1.54, 1.807) is 7.11 Å². The van der Waals surface area contributed by atoms with Gasteiger partial charge in [0.05, 0.1) is 31.1 Å². The smallest absolute Gasteiger partial charge is 0.272 e. The van der Waals surface area contributed by atoms with Crippen molar-refractivity contribution in [1.82, 2.24) is 25.4 Å². The van der Waals surface area contributed by atoms with E-state index in [0.29, 0.717) is 48.6 Å². The largest absolute Gasteiger partial charge is 0.496 e. The monoisotopic (exact) mass is 627 g/mol. The highest BCUT2D eigenvalue weighted by Crippen LogP contribution is 2.40. The highest BCUT2D eigenvalue weighted by Gasteiger charge is 2.26. The Balaban J connectivity index is 1.41. The summed E-state index contributed by atoms with van der Waals surface area (Å²) in [5.74, 6) is 1.94. The van der Waals surface area contributed by atoms with Gasteiger partial charge >= 0.3 is 0 Å². The summed E-state index contributed by atoms with van der Waals surface area (Å²) in [4.78, 5) is 30.6. The molecule has 244 valence electrons. The van der Waals surface area contributed by atoms with Gasteiger partial charge in [0.15, 0.2) is 5.69 Å². The lowest BCUT2D eigenvalue weighted by Gasteiger charge is -2.23. The number of methoxy groups -OCH3 is 1. The van der Waals surface area contributed by atoms with Crippen molar-refractivity contribution in [3.8, 4) is 22.8 Å². The van der Waals surface area contributed by atoms with Gasteiger partial charge in [-0.05, 0) is 54.9 Å². The number of benzene rings is 2. The fourth-order valence-electron chi connectivity index (χ4n) is 6.10. The Morgan fingerprint density at radius 1 is 1.04 bits per heavy atom. The molecule has 2 aromatic carbocycles. The lowest BCUT2D eigenvalue weighted by molar-refractivity contribution is -0.121. The van der Waals surface area contributed by atoms with Gasteiger partial charge in [0.1, 0.15) is 24.4 Å². The van der Waals surface area contributed by atoms with Gasteiger partial charge in [0.25, 0.3) is 5.91 Å². The molecule has 2 aromatic heterocycles. The predicted octanol–water partition coefficient (Wildman–Crippen LogP) is 6.56. The van der Waals surface area contributed by atoms with Crippen LogP contribution in [0.4, 0.5) is 0 Å². The van der Waals surface area contributed by atoms with E-state index < -0.39 is 0 Å². The standard InChI is InChI=1S/C36H45N5O5/c1-25(2)19-28(20-33(42)38-22-34-37-17-18-45-34)39-36(43)29-21-30(41(40-29)23-26-11-6-4-7-12-26)35-31(44-3)15-10-16-32(35)46-24-27-13-8-5-9-14-27/h5,8-10,13-18,21,25-26,28H,4,6-7,11-12,19-20,22-24H2,1-3H3,(H,38,42)(H,39,43)/t28-/m0/s1. The molecule has 2 amide bonds. The van der Waals surface area contributed by atoms with Crippen molar-refractivity contribution in [2.24, 2.45) is 11.8 Å². The third kappa shape index (κ3) is 8.99. The fraction of sp³-hybridized carbons (Fsp3) is 0.444. The lowest BCUT2D eigenvalue weighted by Crippen LogP contribution is -2.40. The van der Waals surface area contributed by atoms with Gasteiger partial charge in [0, 0.05) is 19.0 Å². The number of carbonyl (C=O) groups excluding carboxylic acids is 2. The summed E-state index contributed by atoms with van der Waals surface area (Å²) in [7, 11) is 1.64. The first-order valence-electron chi connectivity index (χ1n) is 16.3. The molecule has 0 saturated heterocycles. The summed E-state index contributed by atoms with van der Waals surface area (Å²) in [5, 5.41) is 10.8. The van der Waals surface area contributed by atoms with Crippen LogP contribution in [0, 0.1) is 11.8 Å². The minimum atomic E-state index is -0.375. The normalized spacial score (nSPS) is 14.2. The van der Waals surface area contributed by atoms with Crippen molar-refractivity contribution < 1.29 is 23.5 Å². The van der Waals surface area contributed by atoms with Crippen molar-refractivity contribution in [3.05, 3.63) is 84.2 Å². The average Bonchev–Trinajstić information content (AvgIpc) is 3.74. The average molecular weight is 628 g/mol. The molecule has 10 nitrogen and oxygen atoms in total. The Hall–Kier alpha value is -4.60. The summed E-state index contributed by atoms with van der Waals surface area (Å²) in [6.07, 6.45) is 9.67. The Morgan fingerprint density at radius 2 is 1.83 bits per heavy atom. The topological polar surface area (TPSA) is 121 Å². The lowest BCUT2D eigenvalue weighted by atomic mass is 9.89. The van der Waals surface area contributed by atoms with Crippen LogP contribution in [0.2, 0.25) is 0 Å². The molecule has 1 aliphatic carbocycles. The van der Waals surface area contributed by atoms with Crippen molar-refractivity contribution in [2.75, 3.05) is 7.11 Å². The van der Waals surface area contributed by atoms with Crippen LogP contribution in [0.5, 0.6) is 11.5 Å². The molecular weight excluding hydrogens is 582 g/mol. The van der Waals surface area contributed by atoms with Crippen molar-refractivity contribution >= 4 is 11.8 Å². The number of ether oxygens (including phenoxy) is 2. The molecule has 0 aliphatic heterocycles. The fourth-order valence-corrected chi connectivity index (χ4v) is 6.10. The number of hydrogen-bond acceptors (Lipinski definition) is 7. The van der Waals surface area contributed by atoms with E-state index in [1.165, 1.54) is 31.7 Å². The van der Waals surface area contributed by atoms with Crippen LogP contribution in [0.25, 0.3) is 11.3 Å². The number of amides is 2. The number of rotatable bonds is 15. The zero-order valence-corrected chi connectivity index (χ0v) is 27.0. The van der Waals surface area contributed by atoms with Crippen molar-refractivity contribution in [1.29, 1.82) is 0 Å². The molecule has 0 unspecified atom stereocenters. The van der Waals surface area contributed by atoms with Crippen LogP contribution in [0.3, 0.4) is 0 Å². The Kier molecular flexibility index (Phi) is 11.5. The number of aromatic nitrogens is 3. The minimum absolute atomic E-state index is 0.129. The Bertz CT molecular complexity index is 1540. The molecule has 1 aliphatic rings. The zero-order valence-electron chi connectivity index (χ0n) is 27.0. The van der Waals surface area contributed by atoms with Gasteiger partial charge in [-0.2, -0.15) is 5.10 Å². The van der Waals surface area contributed by atoms with Crippen LogP contribution in [0.15, 0.2) is 71.5 Å². The third-order valence-corrected chi connectivity index (χ3v) is 8.31. The summed E-state index contributed by atoms with van der Waals surface area (Å²) in [6.45, 7) is 5.41. The van der Waals surface area contributed by atoms with E-state index in [1.807, 2.05) is 59.3 Å². The number of carbonyl (C=O) groups is 2. The van der Waals surface area contributed by atoms with Crippen LogP contribution >= 0.6 is 0 Å². The summed E-state index contributed by atoms with van der Waals surface area (Å²) in [5.41, 5.74) is 2.86. The number of hydrogen-bond donors (Lipinski definition) is 2. The first kappa shape index (κ1) is 32.8. The van der Waals surface area contributed by atoms with E-state index in [2.05, 4.69) is 29.5 Å². The van der Waals surface area contributed by atoms with Crippen molar-refractivity contribution in [3.63, 3.8) is 0 Å². The molecule has 1 atom stereocenters. The predicted molar refractivity (Wildman–Crippen MR) is 175 cm³/mol. The van der Waals surface area contributed by atoms with E-state index in [0.717, 1.165) is 29.7 Å². The molecule has 2 heterocycles. The highest BCUT2D eigenvalue weighted by molar-refractivity contribution is 5.94. The van der Waals surface area contributed by atoms with Gasteiger partial charge in [0.2, 0.25) is 11.8 Å². The third-order valence-electron chi connectivity index (χ3n) is 8.31. The minimum Gasteiger partial charge on any atom is -0.496 e. The highest BCUT2D eigenvalue weighted by atomic mass is 16.5. The molecular formula is C36H45N5O5. The number of nitrogens with one attached hydrogen (secondary N) is 2. The molecule has 1 saturated carbocycles. The molecule has 0 spiro atoms. The van der Waals surface area contributed by atoms with Gasteiger partial charge in [-0.1, -0.05) is 69.5 Å². The van der Waals surface area contributed by atoms with E-state index >= 15 is 0 Å². The molecule has 1 fully saturated rings. The van der Waals surface area contributed by atoms with Gasteiger partial charge in [-0.25, -0.2) is 4.98 Å². The summed E-state index contributed by atoms with van der Waals surface area (Å²) in [6, 6.07) is 17.2. The van der Waals surface area contributed by atoms with E-state index in [4.69, 9.17) is 19.0 Å². The maximum atomic E-state index is 13.8. The number of nitrogens with zero attached hydrogens (tertiary/aromatic N) is 3. The maximum absolute atomic E-state index is 13.8. The molecule has 10 heteroatoms.